The average molecular weight is 646 g/mol. The number of phenols is 3. The number of hydrogen-bond acceptors (Lipinski definition) is 10. The van der Waals surface area contributed by atoms with Crippen LogP contribution >= 0.6 is 23.2 Å². The number of nitrogens with one attached hydrogen (secondary N) is 1. The minimum absolute atomic E-state index is 0.00347. The molecule has 13 heteroatoms. The molecular formula is C31H29Cl2NO10. The molecule has 3 aromatic carbocycles. The topological polar surface area (TPSA) is 167 Å². The summed E-state index contributed by atoms with van der Waals surface area (Å²) in [5.41, 5.74) is 0.193. The number of fused-ring (bicyclic) bond motifs is 1. The van der Waals surface area contributed by atoms with Crippen LogP contribution in [0, 0.1) is 5.92 Å². The minimum atomic E-state index is -1.17. The number of rotatable bonds is 9. The van der Waals surface area contributed by atoms with Gasteiger partial charge in [0.2, 0.25) is 12.5 Å². The second-order valence-corrected chi connectivity index (χ2v) is 11.0. The van der Waals surface area contributed by atoms with Gasteiger partial charge in [-0.05, 0) is 49.8 Å². The van der Waals surface area contributed by atoms with E-state index in [2.05, 4.69) is 5.32 Å². The summed E-state index contributed by atoms with van der Waals surface area (Å²) in [6, 6.07) is 10.5. The Bertz CT molecular complexity index is 1630. The highest BCUT2D eigenvalue weighted by molar-refractivity contribution is 6.35. The molecule has 0 aromatic heterocycles. The van der Waals surface area contributed by atoms with Crippen molar-refractivity contribution >= 4 is 40.9 Å². The molecule has 44 heavy (non-hydrogen) atoms. The van der Waals surface area contributed by atoms with Crippen LogP contribution in [-0.4, -0.2) is 63.2 Å². The summed E-state index contributed by atoms with van der Waals surface area (Å²) in [5.74, 6) is -1.28. The van der Waals surface area contributed by atoms with Crippen LogP contribution in [0.3, 0.4) is 0 Å². The number of halogens is 2. The first-order valence-electron chi connectivity index (χ1n) is 13.5. The van der Waals surface area contributed by atoms with Crippen LogP contribution in [0.25, 0.3) is 6.08 Å². The highest BCUT2D eigenvalue weighted by atomic mass is 35.5. The molecule has 5 rings (SSSR count). The molecule has 1 fully saturated rings. The molecule has 0 saturated heterocycles. The molecule has 0 unspecified atom stereocenters. The van der Waals surface area contributed by atoms with Crippen LogP contribution in [0.2, 0.25) is 10.0 Å². The molecule has 1 aliphatic heterocycles. The van der Waals surface area contributed by atoms with E-state index in [1.807, 2.05) is 0 Å². The number of carbonyl (C=O) groups excluding carboxylic acids is 1. The Morgan fingerprint density at radius 3 is 2.59 bits per heavy atom. The molecule has 6 N–H and O–H groups in total. The minimum Gasteiger partial charge on any atom is -0.507 e. The van der Waals surface area contributed by atoms with Gasteiger partial charge >= 0.3 is 0 Å². The molecule has 0 spiro atoms. The van der Waals surface area contributed by atoms with E-state index in [1.165, 1.54) is 31.2 Å². The van der Waals surface area contributed by atoms with Crippen molar-refractivity contribution in [2.45, 2.75) is 31.7 Å². The lowest BCUT2D eigenvalue weighted by atomic mass is 10.1. The molecule has 0 radical (unpaired) electrons. The summed E-state index contributed by atoms with van der Waals surface area (Å²) in [7, 11) is 0. The maximum Gasteiger partial charge on any atom is 0.251 e. The van der Waals surface area contributed by atoms with Gasteiger partial charge in [0.05, 0.1) is 11.1 Å². The smallest absolute Gasteiger partial charge is 0.251 e. The van der Waals surface area contributed by atoms with E-state index in [4.69, 9.17) is 42.1 Å². The number of amides is 1. The van der Waals surface area contributed by atoms with Crippen molar-refractivity contribution in [3.63, 3.8) is 0 Å². The maximum absolute atomic E-state index is 12.8. The molecule has 2 aliphatic rings. The van der Waals surface area contributed by atoms with Crippen LogP contribution in [0.5, 0.6) is 40.2 Å². The zero-order chi connectivity index (χ0) is 31.5. The fourth-order valence-electron chi connectivity index (χ4n) is 4.83. The lowest BCUT2D eigenvalue weighted by Crippen LogP contribution is -2.33. The summed E-state index contributed by atoms with van der Waals surface area (Å²) in [4.78, 5) is 12.8. The van der Waals surface area contributed by atoms with Crippen LogP contribution in [0.4, 0.5) is 5.69 Å². The van der Waals surface area contributed by atoms with Crippen molar-refractivity contribution < 1.29 is 49.3 Å². The first-order valence-corrected chi connectivity index (χ1v) is 14.2. The molecule has 11 nitrogen and oxygen atoms in total. The summed E-state index contributed by atoms with van der Waals surface area (Å²) >= 11 is 12.0. The van der Waals surface area contributed by atoms with Gasteiger partial charge in [-0.2, -0.15) is 0 Å². The number of aliphatic hydroxyl groups is 2. The highest BCUT2D eigenvalue weighted by Gasteiger charge is 2.41. The van der Waals surface area contributed by atoms with Crippen molar-refractivity contribution in [1.82, 2.24) is 0 Å². The Hall–Kier alpha value is -4.29. The number of phenolic OH excluding ortho intramolecular Hbond substituents is 3. The van der Waals surface area contributed by atoms with Gasteiger partial charge in [-0.25, -0.2) is 0 Å². The Balaban J connectivity index is 1.18. The first-order chi connectivity index (χ1) is 21.0. The number of anilines is 1. The summed E-state index contributed by atoms with van der Waals surface area (Å²) in [5, 5.41) is 55.6. The quantitative estimate of drug-likeness (QED) is 0.106. The predicted molar refractivity (Wildman–Crippen MR) is 162 cm³/mol. The van der Waals surface area contributed by atoms with Gasteiger partial charge in [0.15, 0.2) is 11.5 Å². The molecule has 3 aromatic rings. The second kappa shape index (κ2) is 13.1. The molecule has 232 valence electrons. The van der Waals surface area contributed by atoms with E-state index in [9.17, 15) is 30.3 Å². The SMILES string of the molecule is C/C(=C\c1ccc(O[C@@H]2C[C@H](/C=C/COc3ccc(Cl)cc3Cl)[C@@H](O)[C@@H]2O)cc1O)C(=O)Nc1c(O)cc2c(c1O)OCO2. The molecule has 0 bridgehead atoms. The van der Waals surface area contributed by atoms with Crippen LogP contribution < -0.4 is 24.3 Å². The fraction of sp³-hybridized carbons (Fsp3) is 0.258. The Kier molecular flexibility index (Phi) is 9.31. The van der Waals surface area contributed by atoms with Crippen molar-refractivity contribution in [2.24, 2.45) is 5.92 Å². The summed E-state index contributed by atoms with van der Waals surface area (Å²) < 4.78 is 21.8. The van der Waals surface area contributed by atoms with Crippen molar-refractivity contribution in [3.8, 4) is 40.2 Å². The lowest BCUT2D eigenvalue weighted by molar-refractivity contribution is -0.112. The van der Waals surface area contributed by atoms with Gasteiger partial charge in [-0.3, -0.25) is 4.79 Å². The Labute approximate surface area is 262 Å². The maximum atomic E-state index is 12.8. The monoisotopic (exact) mass is 645 g/mol. The van der Waals surface area contributed by atoms with Crippen molar-refractivity contribution in [3.05, 3.63) is 75.8 Å². The molecular weight excluding hydrogens is 617 g/mol. The number of hydrogen-bond donors (Lipinski definition) is 6. The van der Waals surface area contributed by atoms with E-state index in [0.717, 1.165) is 0 Å². The van der Waals surface area contributed by atoms with E-state index < -0.39 is 41.6 Å². The third-order valence-corrected chi connectivity index (χ3v) is 7.69. The van der Waals surface area contributed by atoms with E-state index in [-0.39, 0.29) is 53.2 Å². The van der Waals surface area contributed by atoms with Crippen molar-refractivity contribution in [2.75, 3.05) is 18.7 Å². The zero-order valence-electron chi connectivity index (χ0n) is 23.2. The third kappa shape index (κ3) is 6.76. The molecule has 1 saturated carbocycles. The highest BCUT2D eigenvalue weighted by Crippen LogP contribution is 2.49. The van der Waals surface area contributed by atoms with Crippen LogP contribution in [0.1, 0.15) is 18.9 Å². The standard InChI is InChI=1S/C31H29Cl2NO10/c1-15(31(40)34-26-22(36)13-25-30(29(26)39)43-14-42-25)9-16-4-6-19(12-21(16)35)44-24-10-17(27(37)28(24)38)3-2-8-41-23-7-5-18(32)11-20(23)33/h2-7,9,11-13,17,24,27-28,35-39H,8,10,14H2,1H3,(H,34,40)/b3-2+,15-9+/t17-,24+,27+,28+/m0/s1. The van der Waals surface area contributed by atoms with Gasteiger partial charge in [-0.1, -0.05) is 35.4 Å². The van der Waals surface area contributed by atoms with Gasteiger partial charge < -0.3 is 49.8 Å². The average Bonchev–Trinajstić information content (AvgIpc) is 3.55. The number of benzene rings is 3. The predicted octanol–water partition coefficient (Wildman–Crippen LogP) is 5.01. The molecule has 1 heterocycles. The lowest BCUT2D eigenvalue weighted by Gasteiger charge is -2.18. The summed E-state index contributed by atoms with van der Waals surface area (Å²) in [6.45, 7) is 1.54. The zero-order valence-corrected chi connectivity index (χ0v) is 24.7. The first kappa shape index (κ1) is 31.1. The van der Waals surface area contributed by atoms with E-state index in [0.29, 0.717) is 22.2 Å². The second-order valence-electron chi connectivity index (χ2n) is 10.2. The molecule has 1 amide bonds. The van der Waals surface area contributed by atoms with Crippen molar-refractivity contribution in [1.29, 1.82) is 0 Å². The van der Waals surface area contributed by atoms with Gasteiger partial charge in [-0.15, -0.1) is 0 Å². The Morgan fingerprint density at radius 2 is 1.84 bits per heavy atom. The Morgan fingerprint density at radius 1 is 1.05 bits per heavy atom. The van der Waals surface area contributed by atoms with E-state index >= 15 is 0 Å². The van der Waals surface area contributed by atoms with Crippen LogP contribution in [-0.2, 0) is 4.79 Å². The van der Waals surface area contributed by atoms with Gasteiger partial charge in [0.25, 0.3) is 5.91 Å². The van der Waals surface area contributed by atoms with Gasteiger partial charge in [0, 0.05) is 34.2 Å². The molecule has 4 atom stereocenters. The number of ether oxygens (including phenoxy) is 4. The van der Waals surface area contributed by atoms with E-state index in [1.54, 1.807) is 36.4 Å². The van der Waals surface area contributed by atoms with Gasteiger partial charge in [0.1, 0.15) is 47.5 Å². The number of aromatic hydroxyl groups is 3. The normalized spacial score (nSPS) is 21.1. The largest absolute Gasteiger partial charge is 0.507 e. The summed E-state index contributed by atoms with van der Waals surface area (Å²) in [6.07, 6.45) is 2.18. The number of aliphatic hydroxyl groups excluding tert-OH is 2. The fourth-order valence-corrected chi connectivity index (χ4v) is 5.29. The van der Waals surface area contributed by atoms with Crippen LogP contribution in [0.15, 0.2) is 60.2 Å². The third-order valence-electron chi connectivity index (χ3n) is 7.16. The number of carbonyl (C=O) groups is 1. The molecule has 1 aliphatic carbocycles.